The SMILES string of the molecule is CCCC(CCN)CCC(=O)NCC(C(C)C)C(C)C. The van der Waals surface area contributed by atoms with Crippen LogP contribution in [-0.2, 0) is 4.79 Å². The number of carbonyl (C=O) groups is 1. The van der Waals surface area contributed by atoms with Crippen molar-refractivity contribution in [1.29, 1.82) is 0 Å². The van der Waals surface area contributed by atoms with Crippen LogP contribution < -0.4 is 11.1 Å². The van der Waals surface area contributed by atoms with Gasteiger partial charge in [0.2, 0.25) is 5.91 Å². The molecule has 20 heavy (non-hydrogen) atoms. The summed E-state index contributed by atoms with van der Waals surface area (Å²) in [6.45, 7) is 12.7. The van der Waals surface area contributed by atoms with Crippen molar-refractivity contribution in [2.75, 3.05) is 13.1 Å². The first-order valence-electron chi connectivity index (χ1n) is 8.39. The largest absolute Gasteiger partial charge is 0.356 e. The van der Waals surface area contributed by atoms with Gasteiger partial charge in [-0.3, -0.25) is 4.79 Å². The van der Waals surface area contributed by atoms with Gasteiger partial charge in [0.15, 0.2) is 0 Å². The average molecular weight is 284 g/mol. The second-order valence-electron chi connectivity index (χ2n) is 6.73. The lowest BCUT2D eigenvalue weighted by atomic mass is 9.85. The van der Waals surface area contributed by atoms with Crippen molar-refractivity contribution in [2.24, 2.45) is 29.4 Å². The van der Waals surface area contributed by atoms with Gasteiger partial charge in [-0.25, -0.2) is 0 Å². The Hall–Kier alpha value is -0.570. The Kier molecular flexibility index (Phi) is 10.8. The predicted molar refractivity (Wildman–Crippen MR) is 87.5 cm³/mol. The van der Waals surface area contributed by atoms with Crippen LogP contribution in [0, 0.1) is 23.7 Å². The van der Waals surface area contributed by atoms with Crippen molar-refractivity contribution in [3.63, 3.8) is 0 Å². The van der Waals surface area contributed by atoms with Gasteiger partial charge in [-0.15, -0.1) is 0 Å². The molecule has 0 saturated heterocycles. The van der Waals surface area contributed by atoms with Crippen LogP contribution in [0.25, 0.3) is 0 Å². The van der Waals surface area contributed by atoms with E-state index in [0.29, 0.717) is 30.1 Å². The fraction of sp³-hybridized carbons (Fsp3) is 0.941. The van der Waals surface area contributed by atoms with Gasteiger partial charge < -0.3 is 11.1 Å². The number of hydrogen-bond donors (Lipinski definition) is 2. The van der Waals surface area contributed by atoms with E-state index in [1.165, 1.54) is 12.8 Å². The molecule has 1 atom stereocenters. The summed E-state index contributed by atoms with van der Waals surface area (Å²) in [5, 5.41) is 3.11. The van der Waals surface area contributed by atoms with Gasteiger partial charge in [-0.1, -0.05) is 47.5 Å². The van der Waals surface area contributed by atoms with E-state index >= 15 is 0 Å². The van der Waals surface area contributed by atoms with Crippen LogP contribution in [0.1, 0.15) is 66.7 Å². The standard InChI is InChI=1S/C17H36N2O/c1-6-7-15(10-11-18)8-9-17(20)19-12-16(13(2)3)14(4)5/h13-16H,6-12,18H2,1-5H3,(H,19,20). The molecule has 0 spiro atoms. The van der Waals surface area contributed by atoms with Crippen molar-refractivity contribution in [3.8, 4) is 0 Å². The molecule has 3 N–H and O–H groups in total. The Bertz CT molecular complexity index is 237. The van der Waals surface area contributed by atoms with E-state index < -0.39 is 0 Å². The number of hydrogen-bond acceptors (Lipinski definition) is 2. The first kappa shape index (κ1) is 19.4. The molecule has 1 unspecified atom stereocenters. The molecule has 0 radical (unpaired) electrons. The monoisotopic (exact) mass is 284 g/mol. The lowest BCUT2D eigenvalue weighted by Crippen LogP contribution is -2.34. The van der Waals surface area contributed by atoms with Crippen molar-refractivity contribution in [1.82, 2.24) is 5.32 Å². The maximum atomic E-state index is 12.0. The first-order chi connectivity index (χ1) is 9.42. The van der Waals surface area contributed by atoms with Gasteiger partial charge in [0.05, 0.1) is 0 Å². The highest BCUT2D eigenvalue weighted by molar-refractivity contribution is 5.75. The highest BCUT2D eigenvalue weighted by Gasteiger charge is 2.18. The van der Waals surface area contributed by atoms with Gasteiger partial charge in [0.25, 0.3) is 0 Å². The molecule has 0 rings (SSSR count). The summed E-state index contributed by atoms with van der Waals surface area (Å²) in [4.78, 5) is 12.0. The van der Waals surface area contributed by atoms with E-state index in [1.807, 2.05) is 0 Å². The molecule has 3 heteroatoms. The molecule has 120 valence electrons. The highest BCUT2D eigenvalue weighted by atomic mass is 16.1. The average Bonchev–Trinajstić information content (AvgIpc) is 2.35. The molecule has 0 aliphatic carbocycles. The normalized spacial score (nSPS) is 13.2. The Morgan fingerprint density at radius 2 is 1.65 bits per heavy atom. The third-order valence-electron chi connectivity index (χ3n) is 4.30. The van der Waals surface area contributed by atoms with E-state index in [1.54, 1.807) is 0 Å². The molecule has 0 saturated carbocycles. The van der Waals surface area contributed by atoms with Crippen molar-refractivity contribution in [3.05, 3.63) is 0 Å². The van der Waals surface area contributed by atoms with E-state index in [4.69, 9.17) is 5.73 Å². The van der Waals surface area contributed by atoms with E-state index in [2.05, 4.69) is 39.9 Å². The molecule has 0 aliphatic rings. The van der Waals surface area contributed by atoms with Gasteiger partial charge in [-0.05, 0) is 43.1 Å². The van der Waals surface area contributed by atoms with Crippen molar-refractivity contribution >= 4 is 5.91 Å². The zero-order valence-corrected chi connectivity index (χ0v) is 14.2. The van der Waals surface area contributed by atoms with Crippen LogP contribution in [0.2, 0.25) is 0 Å². The summed E-state index contributed by atoms with van der Waals surface area (Å²) >= 11 is 0. The summed E-state index contributed by atoms with van der Waals surface area (Å²) in [7, 11) is 0. The minimum Gasteiger partial charge on any atom is -0.356 e. The number of amides is 1. The summed E-state index contributed by atoms with van der Waals surface area (Å²) in [5.74, 6) is 2.60. The summed E-state index contributed by atoms with van der Waals surface area (Å²) in [6, 6.07) is 0. The molecule has 0 aliphatic heterocycles. The predicted octanol–water partition coefficient (Wildman–Crippen LogP) is 3.58. The van der Waals surface area contributed by atoms with Crippen molar-refractivity contribution < 1.29 is 4.79 Å². The fourth-order valence-electron chi connectivity index (χ4n) is 2.97. The van der Waals surface area contributed by atoms with Gasteiger partial charge in [0, 0.05) is 13.0 Å². The molecule has 0 aromatic rings. The topological polar surface area (TPSA) is 55.1 Å². The zero-order valence-electron chi connectivity index (χ0n) is 14.2. The fourth-order valence-corrected chi connectivity index (χ4v) is 2.97. The van der Waals surface area contributed by atoms with Gasteiger partial charge in [0.1, 0.15) is 0 Å². The van der Waals surface area contributed by atoms with Crippen LogP contribution in [0.5, 0.6) is 0 Å². The second-order valence-corrected chi connectivity index (χ2v) is 6.73. The lowest BCUT2D eigenvalue weighted by molar-refractivity contribution is -0.121. The van der Waals surface area contributed by atoms with Gasteiger partial charge in [-0.2, -0.15) is 0 Å². The number of nitrogens with one attached hydrogen (secondary N) is 1. The summed E-state index contributed by atoms with van der Waals surface area (Å²) in [6.07, 6.45) is 5.03. The van der Waals surface area contributed by atoms with Crippen LogP contribution in [0.4, 0.5) is 0 Å². The first-order valence-corrected chi connectivity index (χ1v) is 8.39. The molecular formula is C17H36N2O. The van der Waals surface area contributed by atoms with Gasteiger partial charge >= 0.3 is 0 Å². The maximum absolute atomic E-state index is 12.0. The summed E-state index contributed by atoms with van der Waals surface area (Å²) in [5.41, 5.74) is 5.63. The van der Waals surface area contributed by atoms with Crippen LogP contribution >= 0.6 is 0 Å². The number of nitrogens with two attached hydrogens (primary N) is 1. The number of rotatable bonds is 11. The highest BCUT2D eigenvalue weighted by Crippen LogP contribution is 2.20. The molecule has 0 heterocycles. The third-order valence-corrected chi connectivity index (χ3v) is 4.30. The van der Waals surface area contributed by atoms with E-state index in [9.17, 15) is 4.79 Å². The van der Waals surface area contributed by atoms with Crippen molar-refractivity contribution in [2.45, 2.75) is 66.7 Å². The molecular weight excluding hydrogens is 248 g/mol. The Morgan fingerprint density at radius 3 is 2.10 bits per heavy atom. The molecule has 0 aromatic heterocycles. The summed E-state index contributed by atoms with van der Waals surface area (Å²) < 4.78 is 0. The molecule has 0 fully saturated rings. The Balaban J connectivity index is 4.03. The second kappa shape index (κ2) is 11.1. The van der Waals surface area contributed by atoms with Crippen LogP contribution in [0.15, 0.2) is 0 Å². The molecule has 1 amide bonds. The Morgan fingerprint density at radius 1 is 1.05 bits per heavy atom. The minimum absolute atomic E-state index is 0.203. The molecule has 0 aromatic carbocycles. The maximum Gasteiger partial charge on any atom is 0.220 e. The zero-order chi connectivity index (χ0) is 15.5. The van der Waals surface area contributed by atoms with E-state index in [0.717, 1.165) is 25.9 Å². The van der Waals surface area contributed by atoms with E-state index in [-0.39, 0.29) is 5.91 Å². The Labute approximate surface area is 126 Å². The quantitative estimate of drug-likeness (QED) is 0.609. The minimum atomic E-state index is 0.203. The lowest BCUT2D eigenvalue weighted by Gasteiger charge is -2.25. The number of carbonyl (C=O) groups excluding carboxylic acids is 1. The van der Waals surface area contributed by atoms with Crippen LogP contribution in [-0.4, -0.2) is 19.0 Å². The van der Waals surface area contributed by atoms with Crippen LogP contribution in [0.3, 0.4) is 0 Å². The third kappa shape index (κ3) is 8.57. The smallest absolute Gasteiger partial charge is 0.220 e. The molecule has 3 nitrogen and oxygen atoms in total. The molecule has 0 bridgehead atoms.